The van der Waals surface area contributed by atoms with E-state index in [9.17, 15) is 4.79 Å². The molecule has 1 aromatic carbocycles. The molecule has 1 N–H and O–H groups in total. The highest BCUT2D eigenvalue weighted by molar-refractivity contribution is 5.91. The number of amides is 1. The van der Waals surface area contributed by atoms with Crippen molar-refractivity contribution < 1.29 is 13.7 Å². The lowest BCUT2D eigenvalue weighted by Gasteiger charge is -2.17. The summed E-state index contributed by atoms with van der Waals surface area (Å²) >= 11 is 0. The molecule has 1 atom stereocenters. The lowest BCUT2D eigenvalue weighted by atomic mass is 10.0. The van der Waals surface area contributed by atoms with Crippen molar-refractivity contribution in [2.24, 2.45) is 13.0 Å². The summed E-state index contributed by atoms with van der Waals surface area (Å²) in [5.41, 5.74) is 2.68. The van der Waals surface area contributed by atoms with Crippen LogP contribution in [0.3, 0.4) is 0 Å². The summed E-state index contributed by atoms with van der Waals surface area (Å²) in [4.78, 5) is 21.2. The molecule has 0 saturated heterocycles. The standard InChI is InChI=1S/C19H19N5O3/c1-11(2)16(21-18(25)15-5-4-8-26-15)19-22-17(23-27-19)12-6-7-14-13(9-12)20-10-24(14)3/h4-11,16H,1-3H3,(H,21,25)/t16-/m1/s1. The second-order valence-corrected chi connectivity index (χ2v) is 6.69. The number of nitrogens with one attached hydrogen (secondary N) is 1. The van der Waals surface area contributed by atoms with Crippen molar-refractivity contribution in [3.8, 4) is 11.4 Å². The largest absolute Gasteiger partial charge is 0.459 e. The highest BCUT2D eigenvalue weighted by atomic mass is 16.5. The molecule has 3 aromatic heterocycles. The van der Waals surface area contributed by atoms with Gasteiger partial charge < -0.3 is 18.8 Å². The predicted octanol–water partition coefficient (Wildman–Crippen LogP) is 3.34. The topological polar surface area (TPSA) is 99.0 Å². The molecule has 0 aliphatic carbocycles. The Bertz CT molecular complexity index is 1080. The SMILES string of the molecule is CC(C)[C@@H](NC(=O)c1ccco1)c1nc(-c2ccc3c(c2)ncn3C)no1. The number of aromatic nitrogens is 4. The van der Waals surface area contributed by atoms with E-state index in [-0.39, 0.29) is 17.6 Å². The Morgan fingerprint density at radius 1 is 1.26 bits per heavy atom. The van der Waals surface area contributed by atoms with Crippen molar-refractivity contribution in [1.29, 1.82) is 0 Å². The normalized spacial score (nSPS) is 12.6. The molecule has 0 unspecified atom stereocenters. The molecule has 0 radical (unpaired) electrons. The van der Waals surface area contributed by atoms with E-state index in [1.807, 2.05) is 43.7 Å². The Labute approximate surface area is 155 Å². The zero-order chi connectivity index (χ0) is 19.0. The molecule has 8 heteroatoms. The van der Waals surface area contributed by atoms with Gasteiger partial charge in [0.2, 0.25) is 11.7 Å². The quantitative estimate of drug-likeness (QED) is 0.582. The Hall–Kier alpha value is -3.42. The van der Waals surface area contributed by atoms with Crippen LogP contribution < -0.4 is 5.32 Å². The molecule has 0 aliphatic heterocycles. The molecule has 3 heterocycles. The summed E-state index contributed by atoms with van der Waals surface area (Å²) in [6, 6.07) is 8.64. The number of fused-ring (bicyclic) bond motifs is 1. The Kier molecular flexibility index (Phi) is 4.23. The van der Waals surface area contributed by atoms with Crippen molar-refractivity contribution in [1.82, 2.24) is 25.0 Å². The maximum absolute atomic E-state index is 12.3. The van der Waals surface area contributed by atoms with E-state index >= 15 is 0 Å². The van der Waals surface area contributed by atoms with Crippen LogP contribution in [0.5, 0.6) is 0 Å². The van der Waals surface area contributed by atoms with Crippen LogP contribution in [0.15, 0.2) is 51.9 Å². The molecule has 0 fully saturated rings. The van der Waals surface area contributed by atoms with Crippen LogP contribution in [0.2, 0.25) is 0 Å². The van der Waals surface area contributed by atoms with Gasteiger partial charge in [-0.15, -0.1) is 0 Å². The Morgan fingerprint density at radius 3 is 2.85 bits per heavy atom. The fraction of sp³-hybridized carbons (Fsp3) is 0.263. The number of nitrogens with zero attached hydrogens (tertiary/aromatic N) is 4. The summed E-state index contributed by atoms with van der Waals surface area (Å²) in [5.74, 6) is 0.765. The number of rotatable bonds is 5. The molecule has 0 spiro atoms. The lowest BCUT2D eigenvalue weighted by Crippen LogP contribution is -2.31. The molecular weight excluding hydrogens is 346 g/mol. The number of benzene rings is 1. The first-order chi connectivity index (χ1) is 13.0. The Morgan fingerprint density at radius 2 is 2.11 bits per heavy atom. The summed E-state index contributed by atoms with van der Waals surface area (Å²) in [6.45, 7) is 3.94. The fourth-order valence-corrected chi connectivity index (χ4v) is 2.89. The molecule has 4 aromatic rings. The molecule has 0 saturated carbocycles. The average molecular weight is 365 g/mol. The zero-order valence-electron chi connectivity index (χ0n) is 15.2. The summed E-state index contributed by atoms with van der Waals surface area (Å²) in [7, 11) is 1.94. The minimum absolute atomic E-state index is 0.0514. The average Bonchev–Trinajstić information content (AvgIpc) is 3.40. The van der Waals surface area contributed by atoms with Crippen molar-refractivity contribution in [3.05, 3.63) is 54.6 Å². The third-order valence-electron chi connectivity index (χ3n) is 4.39. The van der Waals surface area contributed by atoms with Crippen LogP contribution in [0, 0.1) is 5.92 Å². The van der Waals surface area contributed by atoms with Crippen LogP contribution in [-0.4, -0.2) is 25.6 Å². The van der Waals surface area contributed by atoms with Gasteiger partial charge in [-0.2, -0.15) is 4.98 Å². The molecule has 0 aliphatic rings. The second kappa shape index (κ2) is 6.71. The molecule has 0 bridgehead atoms. The number of carbonyl (C=O) groups is 1. The van der Waals surface area contributed by atoms with Crippen molar-refractivity contribution in [2.75, 3.05) is 0 Å². The second-order valence-electron chi connectivity index (χ2n) is 6.69. The van der Waals surface area contributed by atoms with Crippen LogP contribution in [0.4, 0.5) is 0 Å². The number of imidazole rings is 1. The molecular formula is C19H19N5O3. The van der Waals surface area contributed by atoms with E-state index in [0.29, 0.717) is 11.7 Å². The molecule has 4 rings (SSSR count). The first kappa shape index (κ1) is 17.0. The summed E-state index contributed by atoms with van der Waals surface area (Å²) < 4.78 is 12.5. The number of aryl methyl sites for hydroxylation is 1. The fourth-order valence-electron chi connectivity index (χ4n) is 2.89. The van der Waals surface area contributed by atoms with Crippen molar-refractivity contribution >= 4 is 16.9 Å². The number of hydrogen-bond donors (Lipinski definition) is 1. The van der Waals surface area contributed by atoms with Gasteiger partial charge in [0.15, 0.2) is 5.76 Å². The number of hydrogen-bond acceptors (Lipinski definition) is 6. The van der Waals surface area contributed by atoms with E-state index in [1.165, 1.54) is 6.26 Å². The first-order valence-electron chi connectivity index (χ1n) is 8.62. The van der Waals surface area contributed by atoms with E-state index in [4.69, 9.17) is 8.94 Å². The smallest absolute Gasteiger partial charge is 0.287 e. The molecule has 8 nitrogen and oxygen atoms in total. The van der Waals surface area contributed by atoms with E-state index in [1.54, 1.807) is 18.5 Å². The van der Waals surface area contributed by atoms with Crippen molar-refractivity contribution in [2.45, 2.75) is 19.9 Å². The van der Waals surface area contributed by atoms with Crippen LogP contribution in [0.25, 0.3) is 22.4 Å². The van der Waals surface area contributed by atoms with Crippen LogP contribution in [0.1, 0.15) is 36.3 Å². The molecule has 1 amide bonds. The lowest BCUT2D eigenvalue weighted by molar-refractivity contribution is 0.0885. The predicted molar refractivity (Wildman–Crippen MR) is 97.8 cm³/mol. The van der Waals surface area contributed by atoms with Crippen LogP contribution in [-0.2, 0) is 7.05 Å². The van der Waals surface area contributed by atoms with Crippen LogP contribution >= 0.6 is 0 Å². The van der Waals surface area contributed by atoms with Gasteiger partial charge in [-0.1, -0.05) is 19.0 Å². The maximum Gasteiger partial charge on any atom is 0.287 e. The van der Waals surface area contributed by atoms with Gasteiger partial charge >= 0.3 is 0 Å². The first-order valence-corrected chi connectivity index (χ1v) is 8.62. The van der Waals surface area contributed by atoms with E-state index in [0.717, 1.165) is 16.6 Å². The summed E-state index contributed by atoms with van der Waals surface area (Å²) in [6.07, 6.45) is 3.22. The third kappa shape index (κ3) is 3.21. The van der Waals surface area contributed by atoms with Gasteiger partial charge in [0.25, 0.3) is 5.91 Å². The van der Waals surface area contributed by atoms with E-state index in [2.05, 4.69) is 20.4 Å². The van der Waals surface area contributed by atoms with Gasteiger partial charge in [0.1, 0.15) is 6.04 Å². The monoisotopic (exact) mass is 365 g/mol. The van der Waals surface area contributed by atoms with Gasteiger partial charge in [0, 0.05) is 12.6 Å². The van der Waals surface area contributed by atoms with Gasteiger partial charge in [-0.25, -0.2) is 4.98 Å². The Balaban J connectivity index is 1.61. The minimum Gasteiger partial charge on any atom is -0.459 e. The van der Waals surface area contributed by atoms with Gasteiger partial charge in [0.05, 0.1) is 23.6 Å². The third-order valence-corrected chi connectivity index (χ3v) is 4.39. The van der Waals surface area contributed by atoms with Gasteiger partial charge in [-0.05, 0) is 36.2 Å². The highest BCUT2D eigenvalue weighted by Crippen LogP contribution is 2.25. The highest BCUT2D eigenvalue weighted by Gasteiger charge is 2.26. The summed E-state index contributed by atoms with van der Waals surface area (Å²) in [5, 5.41) is 6.97. The maximum atomic E-state index is 12.3. The van der Waals surface area contributed by atoms with Crippen molar-refractivity contribution in [3.63, 3.8) is 0 Å². The van der Waals surface area contributed by atoms with Gasteiger partial charge in [-0.3, -0.25) is 4.79 Å². The van der Waals surface area contributed by atoms with E-state index < -0.39 is 6.04 Å². The minimum atomic E-state index is -0.428. The molecule has 27 heavy (non-hydrogen) atoms. The molecule has 138 valence electrons. The number of carbonyl (C=O) groups excluding carboxylic acids is 1. The zero-order valence-corrected chi connectivity index (χ0v) is 15.2. The number of furan rings is 1.